The fourth-order valence-corrected chi connectivity index (χ4v) is 3.86. The predicted octanol–water partition coefficient (Wildman–Crippen LogP) is 5.28. The summed E-state index contributed by atoms with van der Waals surface area (Å²) in [6.45, 7) is 2.18. The van der Waals surface area contributed by atoms with Crippen LogP contribution in [0.3, 0.4) is 0 Å². The van der Waals surface area contributed by atoms with Crippen LogP contribution in [-0.4, -0.2) is 28.1 Å². The van der Waals surface area contributed by atoms with Crippen molar-refractivity contribution in [1.82, 2.24) is 0 Å². The summed E-state index contributed by atoms with van der Waals surface area (Å²) in [5.41, 5.74) is 0. The number of carbonyl (C=O) groups excluding carboxylic acids is 1. The minimum absolute atomic E-state index is 0.123. The predicted molar refractivity (Wildman–Crippen MR) is 105 cm³/mol. The topological polar surface area (TPSA) is 74.6 Å². The molecule has 0 amide bonds. The van der Waals surface area contributed by atoms with Crippen LogP contribution in [0.15, 0.2) is 12.2 Å². The molecular formula is C22H38O4. The highest BCUT2D eigenvalue weighted by Gasteiger charge is 2.32. The van der Waals surface area contributed by atoms with Gasteiger partial charge >= 0.3 is 5.97 Å². The van der Waals surface area contributed by atoms with Crippen LogP contribution in [-0.2, 0) is 9.59 Å². The van der Waals surface area contributed by atoms with Gasteiger partial charge in [-0.2, -0.15) is 0 Å². The fraction of sp³-hybridized carbons (Fsp3) is 0.818. The molecule has 0 bridgehead atoms. The third-order valence-electron chi connectivity index (χ3n) is 5.49. The Morgan fingerprint density at radius 2 is 1.81 bits per heavy atom. The van der Waals surface area contributed by atoms with E-state index >= 15 is 0 Å². The molecule has 0 spiro atoms. The number of allylic oxidation sites excluding steroid dienone is 1. The number of unbranched alkanes of at least 4 members (excludes halogenated alkanes) is 7. The van der Waals surface area contributed by atoms with E-state index in [-0.39, 0.29) is 18.4 Å². The van der Waals surface area contributed by atoms with Crippen LogP contribution in [0.1, 0.15) is 96.8 Å². The lowest BCUT2D eigenvalue weighted by Gasteiger charge is -2.15. The number of aliphatic hydroxyl groups is 1. The molecule has 0 aromatic rings. The first-order chi connectivity index (χ1) is 12.5. The standard InChI is InChI=1S/C22H38O4/c1-2-3-4-8-11-19(23)16-14-18-15-17-21(24)20(18)12-9-6-5-7-10-13-22(25)26/h14,16,18-20,23H,2-13,15,17H2,1H3,(H,25,26). The van der Waals surface area contributed by atoms with Crippen molar-refractivity contribution in [2.24, 2.45) is 11.8 Å². The average Bonchev–Trinajstić information content (AvgIpc) is 2.96. The van der Waals surface area contributed by atoms with Gasteiger partial charge in [-0.3, -0.25) is 9.59 Å². The van der Waals surface area contributed by atoms with E-state index in [4.69, 9.17) is 5.11 Å². The minimum Gasteiger partial charge on any atom is -0.481 e. The van der Waals surface area contributed by atoms with Gasteiger partial charge in [0.15, 0.2) is 0 Å². The van der Waals surface area contributed by atoms with Gasteiger partial charge in [0.1, 0.15) is 5.78 Å². The third kappa shape index (κ3) is 10.1. The van der Waals surface area contributed by atoms with Crippen LogP contribution >= 0.6 is 0 Å². The van der Waals surface area contributed by atoms with E-state index in [0.717, 1.165) is 57.8 Å². The molecule has 3 unspecified atom stereocenters. The van der Waals surface area contributed by atoms with E-state index in [9.17, 15) is 14.7 Å². The zero-order valence-corrected chi connectivity index (χ0v) is 16.5. The second-order valence-electron chi connectivity index (χ2n) is 7.78. The molecule has 4 heteroatoms. The van der Waals surface area contributed by atoms with Gasteiger partial charge in [0.05, 0.1) is 6.10 Å². The summed E-state index contributed by atoms with van der Waals surface area (Å²) in [6.07, 6.45) is 16.8. The lowest BCUT2D eigenvalue weighted by Crippen LogP contribution is -2.14. The molecule has 1 saturated carbocycles. The van der Waals surface area contributed by atoms with E-state index in [0.29, 0.717) is 18.1 Å². The first-order valence-electron chi connectivity index (χ1n) is 10.7. The number of carbonyl (C=O) groups is 2. The van der Waals surface area contributed by atoms with E-state index < -0.39 is 5.97 Å². The number of carboxylic acids is 1. The van der Waals surface area contributed by atoms with Crippen LogP contribution in [0.2, 0.25) is 0 Å². The van der Waals surface area contributed by atoms with Crippen molar-refractivity contribution in [3.05, 3.63) is 12.2 Å². The van der Waals surface area contributed by atoms with Crippen LogP contribution in [0.25, 0.3) is 0 Å². The molecule has 0 aliphatic heterocycles. The molecule has 0 aromatic heterocycles. The monoisotopic (exact) mass is 366 g/mol. The SMILES string of the molecule is CCCCCCC(O)C=CC1CCC(=O)C1CCCCCCCC(=O)O. The first kappa shape index (κ1) is 22.9. The Morgan fingerprint density at radius 3 is 2.54 bits per heavy atom. The second kappa shape index (κ2) is 14.0. The normalized spacial score (nSPS) is 21.5. The summed E-state index contributed by atoms with van der Waals surface area (Å²) in [5, 5.41) is 18.7. The lowest BCUT2D eigenvalue weighted by molar-refractivity contribution is -0.137. The summed E-state index contributed by atoms with van der Waals surface area (Å²) in [5.74, 6) is 0.0732. The van der Waals surface area contributed by atoms with Crippen LogP contribution in [0, 0.1) is 11.8 Å². The van der Waals surface area contributed by atoms with E-state index in [2.05, 4.69) is 13.0 Å². The molecule has 1 fully saturated rings. The lowest BCUT2D eigenvalue weighted by atomic mass is 9.89. The van der Waals surface area contributed by atoms with Crippen molar-refractivity contribution < 1.29 is 19.8 Å². The highest BCUT2D eigenvalue weighted by atomic mass is 16.4. The van der Waals surface area contributed by atoms with Gasteiger partial charge in [-0.05, 0) is 31.6 Å². The van der Waals surface area contributed by atoms with Gasteiger partial charge in [0.2, 0.25) is 0 Å². The largest absolute Gasteiger partial charge is 0.481 e. The minimum atomic E-state index is -0.719. The Labute approximate surface area is 159 Å². The summed E-state index contributed by atoms with van der Waals surface area (Å²) < 4.78 is 0. The quantitative estimate of drug-likeness (QED) is 0.305. The van der Waals surface area contributed by atoms with Gasteiger partial charge in [0, 0.05) is 18.8 Å². The molecule has 4 nitrogen and oxygen atoms in total. The van der Waals surface area contributed by atoms with Crippen LogP contribution < -0.4 is 0 Å². The number of carboxylic acid groups (broad SMARTS) is 1. The maximum atomic E-state index is 12.2. The number of rotatable bonds is 15. The molecular weight excluding hydrogens is 328 g/mol. The first-order valence-corrected chi connectivity index (χ1v) is 10.7. The molecule has 0 radical (unpaired) electrons. The highest BCUT2D eigenvalue weighted by Crippen LogP contribution is 2.34. The molecule has 2 N–H and O–H groups in total. The van der Waals surface area contributed by atoms with Gasteiger partial charge in [-0.1, -0.05) is 70.4 Å². The molecule has 1 rings (SSSR count). The molecule has 3 atom stereocenters. The van der Waals surface area contributed by atoms with Crippen LogP contribution in [0.4, 0.5) is 0 Å². The smallest absolute Gasteiger partial charge is 0.303 e. The number of Topliss-reactive ketones (excluding diaryl/α,β-unsaturated/α-hetero) is 1. The molecule has 0 saturated heterocycles. The second-order valence-corrected chi connectivity index (χ2v) is 7.78. The number of aliphatic carboxylic acids is 1. The van der Waals surface area contributed by atoms with Crippen molar-refractivity contribution in [3.8, 4) is 0 Å². The number of hydrogen-bond donors (Lipinski definition) is 2. The molecule has 0 aromatic carbocycles. The Balaban J connectivity index is 2.23. The molecule has 150 valence electrons. The summed E-state index contributed by atoms with van der Waals surface area (Å²) in [4.78, 5) is 22.6. The van der Waals surface area contributed by atoms with Crippen molar-refractivity contribution in [2.45, 2.75) is 103 Å². The van der Waals surface area contributed by atoms with E-state index in [1.165, 1.54) is 19.3 Å². The molecule has 26 heavy (non-hydrogen) atoms. The Bertz CT molecular complexity index is 430. The summed E-state index contributed by atoms with van der Waals surface area (Å²) in [6, 6.07) is 0. The zero-order valence-electron chi connectivity index (χ0n) is 16.5. The average molecular weight is 367 g/mol. The van der Waals surface area contributed by atoms with E-state index in [1.807, 2.05) is 6.08 Å². The number of hydrogen-bond acceptors (Lipinski definition) is 3. The Morgan fingerprint density at radius 1 is 1.12 bits per heavy atom. The molecule has 1 aliphatic rings. The van der Waals surface area contributed by atoms with Gasteiger partial charge < -0.3 is 10.2 Å². The van der Waals surface area contributed by atoms with E-state index in [1.54, 1.807) is 0 Å². The van der Waals surface area contributed by atoms with Crippen molar-refractivity contribution in [2.75, 3.05) is 0 Å². The highest BCUT2D eigenvalue weighted by molar-refractivity contribution is 5.83. The molecule has 1 aliphatic carbocycles. The maximum Gasteiger partial charge on any atom is 0.303 e. The number of aliphatic hydroxyl groups excluding tert-OH is 1. The Hall–Kier alpha value is -1.16. The fourth-order valence-electron chi connectivity index (χ4n) is 3.86. The summed E-state index contributed by atoms with van der Waals surface area (Å²) >= 11 is 0. The van der Waals surface area contributed by atoms with Crippen molar-refractivity contribution >= 4 is 11.8 Å². The van der Waals surface area contributed by atoms with Crippen LogP contribution in [0.5, 0.6) is 0 Å². The van der Waals surface area contributed by atoms with Crippen molar-refractivity contribution in [1.29, 1.82) is 0 Å². The van der Waals surface area contributed by atoms with Gasteiger partial charge in [-0.15, -0.1) is 0 Å². The summed E-state index contributed by atoms with van der Waals surface area (Å²) in [7, 11) is 0. The van der Waals surface area contributed by atoms with Gasteiger partial charge in [0.25, 0.3) is 0 Å². The van der Waals surface area contributed by atoms with Gasteiger partial charge in [-0.25, -0.2) is 0 Å². The zero-order chi connectivity index (χ0) is 19.2. The number of ketones is 1. The Kier molecular flexibility index (Phi) is 12.3. The van der Waals surface area contributed by atoms with Crippen molar-refractivity contribution in [3.63, 3.8) is 0 Å². The maximum absolute atomic E-state index is 12.2. The molecule has 0 heterocycles. The third-order valence-corrected chi connectivity index (χ3v) is 5.49.